The number of ether oxygens (including phenoxy) is 1. The Hall–Kier alpha value is -3.04. The van der Waals surface area contributed by atoms with Crippen molar-refractivity contribution < 1.29 is 9.15 Å². The average Bonchev–Trinajstić information content (AvgIpc) is 2.70. The van der Waals surface area contributed by atoms with E-state index in [9.17, 15) is 4.79 Å². The fourth-order valence-corrected chi connectivity index (χ4v) is 3.47. The Morgan fingerprint density at radius 3 is 2.50 bits per heavy atom. The summed E-state index contributed by atoms with van der Waals surface area (Å²) in [5.74, 6) is 0.644. The molecular weight excluding hydrogens is 372 g/mol. The third-order valence-corrected chi connectivity index (χ3v) is 5.01. The molecule has 0 atom stereocenters. The second-order valence-corrected chi connectivity index (χ2v) is 7.17. The van der Waals surface area contributed by atoms with Crippen LogP contribution in [0.3, 0.4) is 0 Å². The first-order valence-corrected chi connectivity index (χ1v) is 9.45. The standard InChI is InChI=1S/C24H19ClO3/c1-16-21-11-10-20(27-15-18-8-5-9-19(25)12-18)14-23(21)28-24(26)22(16)13-17-6-3-2-4-7-17/h2-12,14H,13,15H2,1H3. The Kier molecular flexibility index (Phi) is 5.18. The second-order valence-electron chi connectivity index (χ2n) is 6.73. The molecule has 0 saturated carbocycles. The molecule has 1 heterocycles. The molecule has 28 heavy (non-hydrogen) atoms. The summed E-state index contributed by atoms with van der Waals surface area (Å²) in [6.45, 7) is 2.35. The fraction of sp³-hybridized carbons (Fsp3) is 0.125. The molecule has 0 N–H and O–H groups in total. The first-order chi connectivity index (χ1) is 13.6. The van der Waals surface area contributed by atoms with Gasteiger partial charge in [0.25, 0.3) is 0 Å². The maximum atomic E-state index is 12.6. The summed E-state index contributed by atoms with van der Waals surface area (Å²) in [6.07, 6.45) is 0.554. The highest BCUT2D eigenvalue weighted by molar-refractivity contribution is 6.30. The first kappa shape index (κ1) is 18.3. The number of hydrogen-bond acceptors (Lipinski definition) is 3. The van der Waals surface area contributed by atoms with Gasteiger partial charge >= 0.3 is 5.63 Å². The highest BCUT2D eigenvalue weighted by Crippen LogP contribution is 2.26. The zero-order chi connectivity index (χ0) is 19.5. The van der Waals surface area contributed by atoms with Crippen molar-refractivity contribution in [2.45, 2.75) is 20.0 Å². The van der Waals surface area contributed by atoms with E-state index in [4.69, 9.17) is 20.8 Å². The number of hydrogen-bond donors (Lipinski definition) is 0. The Labute approximate surface area is 168 Å². The van der Waals surface area contributed by atoms with Gasteiger partial charge in [-0.2, -0.15) is 0 Å². The molecule has 0 saturated heterocycles. The van der Waals surface area contributed by atoms with Gasteiger partial charge in [-0.15, -0.1) is 0 Å². The maximum Gasteiger partial charge on any atom is 0.340 e. The highest BCUT2D eigenvalue weighted by atomic mass is 35.5. The molecule has 0 aliphatic heterocycles. The van der Waals surface area contributed by atoms with Gasteiger partial charge in [0.05, 0.1) is 0 Å². The number of fused-ring (bicyclic) bond motifs is 1. The maximum absolute atomic E-state index is 12.6. The van der Waals surface area contributed by atoms with Gasteiger partial charge in [0, 0.05) is 28.5 Å². The van der Waals surface area contributed by atoms with Crippen LogP contribution in [0.5, 0.6) is 5.75 Å². The van der Waals surface area contributed by atoms with E-state index in [1.54, 1.807) is 6.07 Å². The summed E-state index contributed by atoms with van der Waals surface area (Å²) >= 11 is 6.01. The Bertz CT molecular complexity index is 1180. The van der Waals surface area contributed by atoms with Crippen molar-refractivity contribution in [2.75, 3.05) is 0 Å². The van der Waals surface area contributed by atoms with Gasteiger partial charge in [-0.3, -0.25) is 0 Å². The SMILES string of the molecule is Cc1c(Cc2ccccc2)c(=O)oc2cc(OCc3cccc(Cl)c3)ccc12. The summed E-state index contributed by atoms with van der Waals surface area (Å²) in [6, 6.07) is 23.0. The van der Waals surface area contributed by atoms with E-state index in [0.29, 0.717) is 34.9 Å². The molecule has 0 fully saturated rings. The normalized spacial score (nSPS) is 10.9. The lowest BCUT2D eigenvalue weighted by atomic mass is 10.00. The minimum absolute atomic E-state index is 0.305. The molecule has 4 rings (SSSR count). The van der Waals surface area contributed by atoms with Crippen molar-refractivity contribution in [3.05, 3.63) is 110 Å². The molecule has 0 bridgehead atoms. The van der Waals surface area contributed by atoms with Crippen LogP contribution in [-0.2, 0) is 13.0 Å². The molecule has 0 radical (unpaired) electrons. The van der Waals surface area contributed by atoms with E-state index < -0.39 is 0 Å². The monoisotopic (exact) mass is 390 g/mol. The van der Waals surface area contributed by atoms with Crippen LogP contribution in [0.15, 0.2) is 82.0 Å². The van der Waals surface area contributed by atoms with Gasteiger partial charge in [0.1, 0.15) is 17.9 Å². The van der Waals surface area contributed by atoms with Crippen LogP contribution < -0.4 is 10.4 Å². The number of halogens is 1. The van der Waals surface area contributed by atoms with Gasteiger partial charge in [-0.05, 0) is 47.9 Å². The van der Waals surface area contributed by atoms with Gasteiger partial charge in [0.15, 0.2) is 0 Å². The first-order valence-electron chi connectivity index (χ1n) is 9.07. The second kappa shape index (κ2) is 7.91. The summed E-state index contributed by atoms with van der Waals surface area (Å²) in [5, 5.41) is 1.59. The van der Waals surface area contributed by atoms with Crippen LogP contribution in [0.25, 0.3) is 11.0 Å². The minimum atomic E-state index is -0.305. The molecular formula is C24H19ClO3. The van der Waals surface area contributed by atoms with Crippen LogP contribution in [-0.4, -0.2) is 0 Å². The molecule has 4 heteroatoms. The Balaban J connectivity index is 1.61. The van der Waals surface area contributed by atoms with E-state index >= 15 is 0 Å². The Morgan fingerprint density at radius 1 is 0.929 bits per heavy atom. The molecule has 0 spiro atoms. The molecule has 3 nitrogen and oxygen atoms in total. The highest BCUT2D eigenvalue weighted by Gasteiger charge is 2.13. The summed E-state index contributed by atoms with van der Waals surface area (Å²) < 4.78 is 11.4. The molecule has 3 aromatic carbocycles. The number of benzene rings is 3. The van der Waals surface area contributed by atoms with E-state index in [1.165, 1.54) is 0 Å². The van der Waals surface area contributed by atoms with Crippen molar-refractivity contribution in [1.82, 2.24) is 0 Å². The van der Waals surface area contributed by atoms with Crippen LogP contribution in [0, 0.1) is 6.92 Å². The molecule has 0 amide bonds. The van der Waals surface area contributed by atoms with Crippen molar-refractivity contribution >= 4 is 22.6 Å². The van der Waals surface area contributed by atoms with Gasteiger partial charge in [0.2, 0.25) is 0 Å². The molecule has 4 aromatic rings. The topological polar surface area (TPSA) is 39.4 Å². The van der Waals surface area contributed by atoms with Crippen molar-refractivity contribution in [3.63, 3.8) is 0 Å². The predicted molar refractivity (Wildman–Crippen MR) is 112 cm³/mol. The minimum Gasteiger partial charge on any atom is -0.489 e. The smallest absolute Gasteiger partial charge is 0.340 e. The zero-order valence-corrected chi connectivity index (χ0v) is 16.2. The number of aryl methyl sites for hydroxylation is 1. The summed E-state index contributed by atoms with van der Waals surface area (Å²) in [4.78, 5) is 12.6. The van der Waals surface area contributed by atoms with E-state index in [2.05, 4.69) is 0 Å². The molecule has 0 aliphatic carbocycles. The quantitative estimate of drug-likeness (QED) is 0.397. The Morgan fingerprint density at radius 2 is 1.71 bits per heavy atom. The van der Waals surface area contributed by atoms with Gasteiger partial charge in [-0.25, -0.2) is 4.79 Å². The average molecular weight is 391 g/mol. The third kappa shape index (κ3) is 3.95. The number of rotatable bonds is 5. The summed E-state index contributed by atoms with van der Waals surface area (Å²) in [5.41, 5.74) is 3.91. The van der Waals surface area contributed by atoms with Crippen LogP contribution in [0.4, 0.5) is 0 Å². The van der Waals surface area contributed by atoms with Crippen molar-refractivity contribution in [1.29, 1.82) is 0 Å². The van der Waals surface area contributed by atoms with E-state index in [0.717, 1.165) is 22.1 Å². The molecule has 140 valence electrons. The zero-order valence-electron chi connectivity index (χ0n) is 15.4. The molecule has 1 aromatic heterocycles. The lowest BCUT2D eigenvalue weighted by molar-refractivity contribution is 0.306. The van der Waals surface area contributed by atoms with Gasteiger partial charge in [-0.1, -0.05) is 54.1 Å². The van der Waals surface area contributed by atoms with Crippen LogP contribution in [0.2, 0.25) is 5.02 Å². The van der Waals surface area contributed by atoms with Crippen LogP contribution in [0.1, 0.15) is 22.3 Å². The molecule has 0 aliphatic rings. The largest absolute Gasteiger partial charge is 0.489 e. The van der Waals surface area contributed by atoms with Gasteiger partial charge < -0.3 is 9.15 Å². The fourth-order valence-electron chi connectivity index (χ4n) is 3.26. The lowest BCUT2D eigenvalue weighted by Crippen LogP contribution is -2.11. The third-order valence-electron chi connectivity index (χ3n) is 4.78. The van der Waals surface area contributed by atoms with E-state index in [-0.39, 0.29) is 5.63 Å². The lowest BCUT2D eigenvalue weighted by Gasteiger charge is -2.10. The molecule has 0 unspecified atom stereocenters. The summed E-state index contributed by atoms with van der Waals surface area (Å²) in [7, 11) is 0. The van der Waals surface area contributed by atoms with Crippen LogP contribution >= 0.6 is 11.6 Å². The predicted octanol–water partition coefficient (Wildman–Crippen LogP) is 5.92. The van der Waals surface area contributed by atoms with E-state index in [1.807, 2.05) is 73.7 Å². The van der Waals surface area contributed by atoms with Crippen molar-refractivity contribution in [2.24, 2.45) is 0 Å². The van der Waals surface area contributed by atoms with Crippen molar-refractivity contribution in [3.8, 4) is 5.75 Å².